The molecular weight excluding hydrogens is 170 g/mol. The molecule has 0 aromatic carbocycles. The quantitative estimate of drug-likeness (QED) is 0.370. The summed E-state index contributed by atoms with van der Waals surface area (Å²) >= 11 is 6.91. The average molecular weight is 175 g/mol. The number of thioether (sulfide) groups is 1. The third-order valence-corrected chi connectivity index (χ3v) is 1.60. The van der Waals surface area contributed by atoms with E-state index < -0.39 is 0 Å². The molecular formula is C5H5ClN3S. The van der Waals surface area contributed by atoms with Crippen molar-refractivity contribution in [1.29, 1.82) is 0 Å². The van der Waals surface area contributed by atoms with Gasteiger partial charge in [0.2, 0.25) is 0 Å². The Hall–Kier alpha value is -0.480. The monoisotopic (exact) mass is 174 g/mol. The van der Waals surface area contributed by atoms with Crippen molar-refractivity contribution in [3.05, 3.63) is 11.2 Å². The minimum Gasteiger partial charge on any atom is -0.283 e. The van der Waals surface area contributed by atoms with Crippen LogP contribution in [0.2, 0.25) is 5.15 Å². The molecule has 0 saturated heterocycles. The van der Waals surface area contributed by atoms with Gasteiger partial charge in [-0.2, -0.15) is 0 Å². The van der Waals surface area contributed by atoms with Crippen molar-refractivity contribution in [3.8, 4) is 0 Å². The summed E-state index contributed by atoms with van der Waals surface area (Å²) in [5.41, 5.74) is 7.13. The van der Waals surface area contributed by atoms with Gasteiger partial charge in [0.05, 0.1) is 0 Å². The number of hydrogen-bond donors (Lipinski definition) is 0. The third kappa shape index (κ3) is 1.75. The highest BCUT2D eigenvalue weighted by atomic mass is 35.5. The lowest BCUT2D eigenvalue weighted by molar-refractivity contribution is 0.963. The SMILES string of the molecule is CSc1nc([NH])cc(Cl)n1. The molecule has 0 aliphatic carbocycles. The van der Waals surface area contributed by atoms with Crippen molar-refractivity contribution in [2.24, 2.45) is 0 Å². The highest BCUT2D eigenvalue weighted by molar-refractivity contribution is 7.98. The molecule has 0 aliphatic rings. The highest BCUT2D eigenvalue weighted by Gasteiger charge is 1.97. The van der Waals surface area contributed by atoms with Crippen LogP contribution in [-0.2, 0) is 0 Å². The number of nitrogens with one attached hydrogen (secondary N) is 1. The molecule has 1 aromatic heterocycles. The lowest BCUT2D eigenvalue weighted by Gasteiger charge is -1.95. The minimum atomic E-state index is 0.157. The molecule has 0 saturated carbocycles. The smallest absolute Gasteiger partial charge is 0.190 e. The maximum atomic E-state index is 7.13. The van der Waals surface area contributed by atoms with E-state index in [0.29, 0.717) is 10.3 Å². The molecule has 0 fully saturated rings. The number of hydrogen-bond acceptors (Lipinski definition) is 3. The second-order valence-electron chi connectivity index (χ2n) is 1.56. The van der Waals surface area contributed by atoms with Crippen molar-refractivity contribution in [2.75, 3.05) is 6.26 Å². The molecule has 1 radical (unpaired) electrons. The summed E-state index contributed by atoms with van der Waals surface area (Å²) in [5, 5.41) is 0.863. The van der Waals surface area contributed by atoms with Crippen LogP contribution in [0.25, 0.3) is 0 Å². The Labute approximate surface area is 68.0 Å². The Morgan fingerprint density at radius 1 is 1.60 bits per heavy atom. The van der Waals surface area contributed by atoms with E-state index in [2.05, 4.69) is 9.97 Å². The molecule has 1 heterocycles. The lowest BCUT2D eigenvalue weighted by atomic mass is 10.6. The maximum Gasteiger partial charge on any atom is 0.190 e. The third-order valence-electron chi connectivity index (χ3n) is 0.857. The standard InChI is InChI=1S/C5H5ClN3S/c1-10-5-8-3(6)2-4(7)9-5/h2,7H,1H3. The first-order chi connectivity index (χ1) is 4.72. The highest BCUT2D eigenvalue weighted by Crippen LogP contribution is 2.15. The van der Waals surface area contributed by atoms with Crippen molar-refractivity contribution in [3.63, 3.8) is 0 Å². The van der Waals surface area contributed by atoms with E-state index in [1.165, 1.54) is 17.8 Å². The predicted octanol–water partition coefficient (Wildman–Crippen LogP) is 1.77. The van der Waals surface area contributed by atoms with Crippen LogP contribution in [0.5, 0.6) is 0 Å². The molecule has 0 atom stereocenters. The van der Waals surface area contributed by atoms with Crippen molar-refractivity contribution < 1.29 is 0 Å². The number of nitrogens with zero attached hydrogens (tertiary/aromatic N) is 2. The van der Waals surface area contributed by atoms with Gasteiger partial charge < -0.3 is 0 Å². The zero-order valence-corrected chi connectivity index (χ0v) is 6.83. The van der Waals surface area contributed by atoms with Gasteiger partial charge in [-0.3, -0.25) is 5.73 Å². The first-order valence-electron chi connectivity index (χ1n) is 2.52. The minimum absolute atomic E-state index is 0.157. The Balaban J connectivity index is 3.06. The number of halogens is 1. The Bertz CT molecular complexity index is 220. The summed E-state index contributed by atoms with van der Waals surface area (Å²) in [6.07, 6.45) is 1.84. The molecule has 0 bridgehead atoms. The van der Waals surface area contributed by atoms with Gasteiger partial charge in [-0.25, -0.2) is 9.97 Å². The van der Waals surface area contributed by atoms with Gasteiger partial charge in [0, 0.05) is 6.07 Å². The van der Waals surface area contributed by atoms with Crippen LogP contribution in [0.4, 0.5) is 5.82 Å². The van der Waals surface area contributed by atoms with E-state index in [0.717, 1.165) is 0 Å². The summed E-state index contributed by atoms with van der Waals surface area (Å²) in [7, 11) is 0. The molecule has 0 unspecified atom stereocenters. The summed E-state index contributed by atoms with van der Waals surface area (Å²) in [4.78, 5) is 7.64. The Kier molecular flexibility index (Phi) is 2.34. The van der Waals surface area contributed by atoms with Crippen LogP contribution in [-0.4, -0.2) is 16.2 Å². The van der Waals surface area contributed by atoms with E-state index >= 15 is 0 Å². The lowest BCUT2D eigenvalue weighted by Crippen LogP contribution is -1.86. The van der Waals surface area contributed by atoms with Gasteiger partial charge in [0.15, 0.2) is 11.0 Å². The second-order valence-corrected chi connectivity index (χ2v) is 2.72. The van der Waals surface area contributed by atoms with Crippen LogP contribution in [0, 0.1) is 0 Å². The van der Waals surface area contributed by atoms with Gasteiger partial charge >= 0.3 is 0 Å². The van der Waals surface area contributed by atoms with E-state index in [-0.39, 0.29) is 5.82 Å². The summed E-state index contributed by atoms with van der Waals surface area (Å²) in [5.74, 6) is 0.157. The fourth-order valence-electron chi connectivity index (χ4n) is 0.488. The van der Waals surface area contributed by atoms with Gasteiger partial charge in [0.25, 0.3) is 0 Å². The fraction of sp³-hybridized carbons (Fsp3) is 0.200. The summed E-state index contributed by atoms with van der Waals surface area (Å²) < 4.78 is 0. The first-order valence-corrected chi connectivity index (χ1v) is 4.13. The molecule has 0 spiro atoms. The van der Waals surface area contributed by atoms with Crippen molar-refractivity contribution >= 4 is 29.2 Å². The van der Waals surface area contributed by atoms with Crippen molar-refractivity contribution in [1.82, 2.24) is 15.7 Å². The Morgan fingerprint density at radius 3 is 2.80 bits per heavy atom. The normalized spacial score (nSPS) is 9.80. The van der Waals surface area contributed by atoms with Gasteiger partial charge in [-0.05, 0) is 6.26 Å². The molecule has 53 valence electrons. The molecule has 1 N–H and O–H groups in total. The molecule has 1 aromatic rings. The van der Waals surface area contributed by atoms with Crippen LogP contribution >= 0.6 is 23.4 Å². The first kappa shape index (κ1) is 7.63. The number of rotatable bonds is 1. The predicted molar refractivity (Wildman–Crippen MR) is 41.6 cm³/mol. The fourth-order valence-corrected chi connectivity index (χ4v) is 1.10. The Morgan fingerprint density at radius 2 is 2.30 bits per heavy atom. The van der Waals surface area contributed by atoms with Crippen LogP contribution in [0.3, 0.4) is 0 Å². The van der Waals surface area contributed by atoms with E-state index in [1.807, 2.05) is 6.26 Å². The van der Waals surface area contributed by atoms with E-state index in [9.17, 15) is 0 Å². The van der Waals surface area contributed by atoms with Gasteiger partial charge in [-0.15, -0.1) is 0 Å². The van der Waals surface area contributed by atoms with Crippen LogP contribution in [0.1, 0.15) is 0 Å². The molecule has 0 aliphatic heterocycles. The molecule has 10 heavy (non-hydrogen) atoms. The molecule has 3 nitrogen and oxygen atoms in total. The summed E-state index contributed by atoms with van der Waals surface area (Å²) in [6.45, 7) is 0. The number of aromatic nitrogens is 2. The topological polar surface area (TPSA) is 49.6 Å². The van der Waals surface area contributed by atoms with Gasteiger partial charge in [-0.1, -0.05) is 23.4 Å². The van der Waals surface area contributed by atoms with E-state index in [1.54, 1.807) is 0 Å². The van der Waals surface area contributed by atoms with Crippen LogP contribution < -0.4 is 5.73 Å². The van der Waals surface area contributed by atoms with Gasteiger partial charge in [0.1, 0.15) is 5.15 Å². The average Bonchev–Trinajstić information content (AvgIpc) is 1.85. The molecule has 5 heteroatoms. The zero-order chi connectivity index (χ0) is 7.56. The second kappa shape index (κ2) is 3.07. The summed E-state index contributed by atoms with van der Waals surface area (Å²) in [6, 6.07) is 1.40. The maximum absolute atomic E-state index is 7.13. The van der Waals surface area contributed by atoms with Crippen LogP contribution in [0.15, 0.2) is 11.2 Å². The molecule has 1 rings (SSSR count). The molecule has 0 amide bonds. The van der Waals surface area contributed by atoms with E-state index in [4.69, 9.17) is 17.3 Å². The largest absolute Gasteiger partial charge is 0.283 e. The van der Waals surface area contributed by atoms with Crippen molar-refractivity contribution in [2.45, 2.75) is 5.16 Å². The zero-order valence-electron chi connectivity index (χ0n) is 5.26.